The van der Waals surface area contributed by atoms with Crippen LogP contribution in [0, 0.1) is 0 Å². The Bertz CT molecular complexity index is 903. The highest BCUT2D eigenvalue weighted by Crippen LogP contribution is 2.30. The average molecular weight is 344 g/mol. The number of benzene rings is 2. The van der Waals surface area contributed by atoms with Crippen LogP contribution in [0.2, 0.25) is 0 Å². The zero-order chi connectivity index (χ0) is 16.3. The topological polar surface area (TPSA) is 59.1 Å². The van der Waals surface area contributed by atoms with Gasteiger partial charge in [0.05, 0.1) is 22.6 Å². The zero-order valence-electron chi connectivity index (χ0n) is 12.6. The van der Waals surface area contributed by atoms with E-state index in [9.17, 15) is 8.42 Å². The Morgan fingerprint density at radius 3 is 2.48 bits per heavy atom. The first-order valence-electron chi connectivity index (χ1n) is 7.07. The van der Waals surface area contributed by atoms with Gasteiger partial charge in [0.2, 0.25) is 10.0 Å². The second-order valence-electron chi connectivity index (χ2n) is 5.21. The predicted molar refractivity (Wildman–Crippen MR) is 95.3 cm³/mol. The number of nitrogens with zero attached hydrogens (tertiary/aromatic N) is 1. The molecule has 0 spiro atoms. The number of hydrogen-bond acceptors (Lipinski definition) is 4. The van der Waals surface area contributed by atoms with E-state index in [1.807, 2.05) is 35.7 Å². The summed E-state index contributed by atoms with van der Waals surface area (Å²) in [5.74, 6) is 0. The van der Waals surface area contributed by atoms with E-state index >= 15 is 0 Å². The summed E-state index contributed by atoms with van der Waals surface area (Å²) in [5, 5.41) is 2.96. The van der Waals surface area contributed by atoms with Crippen LogP contribution < -0.4 is 4.72 Å². The fourth-order valence-corrected chi connectivity index (χ4v) is 3.69. The van der Waals surface area contributed by atoms with Crippen LogP contribution >= 0.6 is 11.3 Å². The lowest BCUT2D eigenvalue weighted by Gasteiger charge is -2.08. The van der Waals surface area contributed by atoms with E-state index in [2.05, 4.69) is 21.8 Å². The second kappa shape index (κ2) is 6.52. The molecule has 3 aromatic rings. The minimum atomic E-state index is -3.32. The van der Waals surface area contributed by atoms with Crippen LogP contribution in [0.3, 0.4) is 0 Å². The normalized spacial score (nSPS) is 11.3. The van der Waals surface area contributed by atoms with Crippen molar-refractivity contribution in [1.82, 2.24) is 4.98 Å². The third-order valence-corrected chi connectivity index (χ3v) is 4.69. The molecule has 6 heteroatoms. The predicted octanol–water partition coefficient (Wildman–Crippen LogP) is 3.77. The molecule has 0 unspecified atom stereocenters. The van der Waals surface area contributed by atoms with Crippen molar-refractivity contribution in [2.45, 2.75) is 6.42 Å². The third kappa shape index (κ3) is 4.18. The highest BCUT2D eigenvalue weighted by Gasteiger charge is 2.12. The van der Waals surface area contributed by atoms with Gasteiger partial charge in [0.25, 0.3) is 0 Å². The van der Waals surface area contributed by atoms with Gasteiger partial charge in [-0.25, -0.2) is 13.4 Å². The Balaban J connectivity index is 1.89. The van der Waals surface area contributed by atoms with E-state index < -0.39 is 10.0 Å². The molecular formula is C17H16N2O2S2. The molecule has 1 aromatic heterocycles. The molecule has 0 amide bonds. The maximum atomic E-state index is 11.5. The number of anilines is 1. The SMILES string of the molecule is CS(=O)(=O)Nc1ccccc1-c1csc(Cc2ccccc2)n1. The van der Waals surface area contributed by atoms with E-state index in [0.29, 0.717) is 5.69 Å². The molecule has 23 heavy (non-hydrogen) atoms. The first kappa shape index (κ1) is 15.7. The molecule has 0 saturated heterocycles. The van der Waals surface area contributed by atoms with Crippen molar-refractivity contribution in [3.8, 4) is 11.3 Å². The van der Waals surface area contributed by atoms with Crippen molar-refractivity contribution >= 4 is 27.0 Å². The first-order chi connectivity index (χ1) is 11.0. The van der Waals surface area contributed by atoms with Gasteiger partial charge < -0.3 is 0 Å². The number of sulfonamides is 1. The molecule has 0 saturated carbocycles. The Hall–Kier alpha value is -2.18. The lowest BCUT2D eigenvalue weighted by molar-refractivity contribution is 0.607. The van der Waals surface area contributed by atoms with E-state index in [4.69, 9.17) is 0 Å². The molecular weight excluding hydrogens is 328 g/mol. The third-order valence-electron chi connectivity index (χ3n) is 3.25. The highest BCUT2D eigenvalue weighted by atomic mass is 32.2. The Kier molecular flexibility index (Phi) is 4.45. The fraction of sp³-hybridized carbons (Fsp3) is 0.118. The first-order valence-corrected chi connectivity index (χ1v) is 9.84. The van der Waals surface area contributed by atoms with Crippen LogP contribution in [0.1, 0.15) is 10.6 Å². The van der Waals surface area contributed by atoms with Crippen molar-refractivity contribution < 1.29 is 8.42 Å². The van der Waals surface area contributed by atoms with Crippen molar-refractivity contribution in [1.29, 1.82) is 0 Å². The van der Waals surface area contributed by atoms with Crippen LogP contribution in [-0.4, -0.2) is 19.7 Å². The van der Waals surface area contributed by atoms with Gasteiger partial charge in [0.1, 0.15) is 0 Å². The summed E-state index contributed by atoms with van der Waals surface area (Å²) in [6.07, 6.45) is 1.92. The van der Waals surface area contributed by atoms with E-state index in [1.54, 1.807) is 23.5 Å². The summed E-state index contributed by atoms with van der Waals surface area (Å²) in [6.45, 7) is 0. The molecule has 118 valence electrons. The molecule has 4 nitrogen and oxygen atoms in total. The summed E-state index contributed by atoms with van der Waals surface area (Å²) >= 11 is 1.58. The van der Waals surface area contributed by atoms with Crippen molar-refractivity contribution in [3.63, 3.8) is 0 Å². The van der Waals surface area contributed by atoms with Gasteiger partial charge in [-0.15, -0.1) is 11.3 Å². The maximum Gasteiger partial charge on any atom is 0.229 e. The van der Waals surface area contributed by atoms with Crippen molar-refractivity contribution in [2.24, 2.45) is 0 Å². The minimum absolute atomic E-state index is 0.548. The number of rotatable bonds is 5. The summed E-state index contributed by atoms with van der Waals surface area (Å²) in [4.78, 5) is 4.65. The number of aromatic nitrogens is 1. The quantitative estimate of drug-likeness (QED) is 0.766. The number of nitrogens with one attached hydrogen (secondary N) is 1. The molecule has 0 aliphatic carbocycles. The van der Waals surface area contributed by atoms with E-state index in [0.717, 1.165) is 28.9 Å². The van der Waals surface area contributed by atoms with Crippen LogP contribution in [0.4, 0.5) is 5.69 Å². The fourth-order valence-electron chi connectivity index (χ4n) is 2.28. The molecule has 3 rings (SSSR count). The Morgan fingerprint density at radius 1 is 1.04 bits per heavy atom. The number of hydrogen-bond donors (Lipinski definition) is 1. The lowest BCUT2D eigenvalue weighted by Crippen LogP contribution is -2.10. The molecule has 0 fully saturated rings. The largest absolute Gasteiger partial charge is 0.283 e. The number of para-hydroxylation sites is 1. The maximum absolute atomic E-state index is 11.5. The molecule has 1 heterocycles. The van der Waals surface area contributed by atoms with Gasteiger partial charge in [-0.1, -0.05) is 48.5 Å². The summed E-state index contributed by atoms with van der Waals surface area (Å²) in [7, 11) is -3.32. The Morgan fingerprint density at radius 2 is 1.74 bits per heavy atom. The second-order valence-corrected chi connectivity index (χ2v) is 7.90. The summed E-state index contributed by atoms with van der Waals surface area (Å²) in [6, 6.07) is 17.4. The minimum Gasteiger partial charge on any atom is -0.283 e. The molecule has 0 atom stereocenters. The van der Waals surface area contributed by atoms with Gasteiger partial charge in [-0.2, -0.15) is 0 Å². The molecule has 0 radical (unpaired) electrons. The van der Waals surface area contributed by atoms with Gasteiger partial charge in [-0.3, -0.25) is 4.72 Å². The van der Waals surface area contributed by atoms with Crippen LogP contribution in [0.15, 0.2) is 60.0 Å². The molecule has 1 N–H and O–H groups in total. The van der Waals surface area contributed by atoms with E-state index in [-0.39, 0.29) is 0 Å². The smallest absolute Gasteiger partial charge is 0.229 e. The van der Waals surface area contributed by atoms with Crippen molar-refractivity contribution in [3.05, 3.63) is 70.5 Å². The molecule has 0 aliphatic rings. The standard InChI is InChI=1S/C17H16N2O2S2/c1-23(20,21)19-15-10-6-5-9-14(15)16-12-22-17(18-16)11-13-7-3-2-4-8-13/h2-10,12,19H,11H2,1H3. The molecule has 0 aliphatic heterocycles. The van der Waals surface area contributed by atoms with E-state index in [1.165, 1.54) is 5.56 Å². The Labute approximate surface area is 139 Å². The van der Waals surface area contributed by atoms with Crippen molar-refractivity contribution in [2.75, 3.05) is 11.0 Å². The van der Waals surface area contributed by atoms with Crippen LogP contribution in [0.25, 0.3) is 11.3 Å². The number of thiazole rings is 1. The van der Waals surface area contributed by atoms with Gasteiger partial charge in [0.15, 0.2) is 0 Å². The van der Waals surface area contributed by atoms with Gasteiger partial charge in [0, 0.05) is 17.4 Å². The lowest BCUT2D eigenvalue weighted by atomic mass is 10.1. The highest BCUT2D eigenvalue weighted by molar-refractivity contribution is 7.92. The van der Waals surface area contributed by atoms with Gasteiger partial charge in [-0.05, 0) is 11.6 Å². The van der Waals surface area contributed by atoms with Crippen LogP contribution in [0.5, 0.6) is 0 Å². The monoisotopic (exact) mass is 344 g/mol. The average Bonchev–Trinajstić information content (AvgIpc) is 2.95. The molecule has 2 aromatic carbocycles. The molecule has 0 bridgehead atoms. The van der Waals surface area contributed by atoms with Crippen LogP contribution in [-0.2, 0) is 16.4 Å². The zero-order valence-corrected chi connectivity index (χ0v) is 14.2. The van der Waals surface area contributed by atoms with Gasteiger partial charge >= 0.3 is 0 Å². The summed E-state index contributed by atoms with van der Waals surface area (Å²) < 4.78 is 25.5. The summed E-state index contributed by atoms with van der Waals surface area (Å²) in [5.41, 5.74) is 3.32.